The molecule has 164 valence electrons. The summed E-state index contributed by atoms with van der Waals surface area (Å²) in [6.07, 6.45) is 2.22. The topological polar surface area (TPSA) is 95.6 Å². The summed E-state index contributed by atoms with van der Waals surface area (Å²) in [6.45, 7) is 9.07. The Kier molecular flexibility index (Phi) is 6.91. The third kappa shape index (κ3) is 5.47. The minimum atomic E-state index is -0.130. The van der Waals surface area contributed by atoms with Gasteiger partial charge in [0.2, 0.25) is 11.7 Å². The Morgan fingerprint density at radius 3 is 2.53 bits per heavy atom. The van der Waals surface area contributed by atoms with Crippen molar-refractivity contribution >= 4 is 5.91 Å². The first-order valence-corrected chi connectivity index (χ1v) is 10.4. The Balaban J connectivity index is 1.48. The van der Waals surface area contributed by atoms with E-state index in [0.29, 0.717) is 17.9 Å². The predicted molar refractivity (Wildman–Crippen MR) is 112 cm³/mol. The number of rotatable bonds is 7. The average Bonchev–Trinajstić information content (AvgIpc) is 3.18. The number of nitrogens with one attached hydrogen (secondary N) is 2. The second kappa shape index (κ2) is 9.42. The van der Waals surface area contributed by atoms with Crippen molar-refractivity contribution in [2.45, 2.75) is 58.2 Å². The Morgan fingerprint density at radius 1 is 1.20 bits per heavy atom. The molecule has 0 bridgehead atoms. The molecule has 1 aromatic heterocycles. The number of methoxy groups -OCH3 is 2. The molecular weight excluding hydrogens is 384 g/mol. The van der Waals surface area contributed by atoms with Crippen molar-refractivity contribution in [2.24, 2.45) is 0 Å². The van der Waals surface area contributed by atoms with Crippen molar-refractivity contribution in [1.82, 2.24) is 25.5 Å². The van der Waals surface area contributed by atoms with Gasteiger partial charge in [-0.3, -0.25) is 4.79 Å². The van der Waals surface area contributed by atoms with Crippen LogP contribution >= 0.6 is 0 Å². The van der Waals surface area contributed by atoms with E-state index >= 15 is 0 Å². The molecule has 9 nitrogen and oxygen atoms in total. The number of ether oxygens (including phenoxy) is 2. The molecule has 0 unspecified atom stereocenters. The number of likely N-dealkylation sites (tertiary alicyclic amines) is 1. The number of carbonyl (C=O) groups is 1. The van der Waals surface area contributed by atoms with Gasteiger partial charge in [-0.1, -0.05) is 6.07 Å². The van der Waals surface area contributed by atoms with E-state index in [-0.39, 0.29) is 17.5 Å². The first kappa shape index (κ1) is 22.0. The van der Waals surface area contributed by atoms with Gasteiger partial charge in [0.15, 0.2) is 11.5 Å². The van der Waals surface area contributed by atoms with Crippen LogP contribution in [0.25, 0.3) is 0 Å². The van der Waals surface area contributed by atoms with Gasteiger partial charge in [0.25, 0.3) is 0 Å². The van der Waals surface area contributed by atoms with Crippen molar-refractivity contribution < 1.29 is 19.2 Å². The predicted octanol–water partition coefficient (Wildman–Crippen LogP) is 0.352. The third-order valence-electron chi connectivity index (χ3n) is 5.45. The SMILES string of the molecule is COc1ccc(CC(=O)NC2CC[NH+](Cc3nnnn3C(C)(C)C)CC2)cc1OC. The van der Waals surface area contributed by atoms with Gasteiger partial charge in [-0.25, -0.2) is 4.68 Å². The van der Waals surface area contributed by atoms with E-state index in [1.165, 1.54) is 4.90 Å². The molecule has 0 aliphatic carbocycles. The lowest BCUT2D eigenvalue weighted by molar-refractivity contribution is -0.919. The molecule has 9 heteroatoms. The molecule has 1 aromatic carbocycles. The van der Waals surface area contributed by atoms with Gasteiger partial charge in [-0.05, 0) is 48.9 Å². The lowest BCUT2D eigenvalue weighted by atomic mass is 10.0. The largest absolute Gasteiger partial charge is 0.493 e. The average molecular weight is 418 g/mol. The number of quaternary nitrogens is 1. The van der Waals surface area contributed by atoms with Crippen LogP contribution < -0.4 is 19.7 Å². The highest BCUT2D eigenvalue weighted by molar-refractivity contribution is 5.79. The van der Waals surface area contributed by atoms with Crippen LogP contribution in [0.15, 0.2) is 18.2 Å². The zero-order chi connectivity index (χ0) is 21.7. The number of amides is 1. The number of hydrogen-bond acceptors (Lipinski definition) is 6. The van der Waals surface area contributed by atoms with E-state index in [4.69, 9.17) is 9.47 Å². The monoisotopic (exact) mass is 417 g/mol. The number of benzene rings is 1. The van der Waals surface area contributed by atoms with Crippen molar-refractivity contribution in [3.63, 3.8) is 0 Å². The standard InChI is InChI=1S/C21H32N6O3/c1-21(2,3)27-19(23-24-25-27)14-26-10-8-16(9-11-26)22-20(28)13-15-6-7-17(29-4)18(12-15)30-5/h6-7,12,16H,8-11,13-14H2,1-5H3,(H,22,28)/p+1. The third-order valence-corrected chi connectivity index (χ3v) is 5.45. The smallest absolute Gasteiger partial charge is 0.224 e. The minimum absolute atomic E-state index is 0.0346. The van der Waals surface area contributed by atoms with Crippen molar-refractivity contribution in [1.29, 1.82) is 0 Å². The van der Waals surface area contributed by atoms with Crippen LogP contribution in [0.1, 0.15) is 45.0 Å². The summed E-state index contributed by atoms with van der Waals surface area (Å²) in [6, 6.07) is 5.78. The van der Waals surface area contributed by atoms with Crippen LogP contribution in [0, 0.1) is 0 Å². The molecule has 0 saturated carbocycles. The van der Waals surface area contributed by atoms with Crippen LogP contribution in [0.4, 0.5) is 0 Å². The highest BCUT2D eigenvalue weighted by Crippen LogP contribution is 2.27. The Hall–Kier alpha value is -2.68. The summed E-state index contributed by atoms with van der Waals surface area (Å²) in [5.74, 6) is 2.24. The maximum atomic E-state index is 12.5. The normalized spacial score (nSPS) is 19.4. The highest BCUT2D eigenvalue weighted by Gasteiger charge is 2.27. The molecule has 1 aliphatic rings. The van der Waals surface area contributed by atoms with E-state index < -0.39 is 0 Å². The van der Waals surface area contributed by atoms with Gasteiger partial charge >= 0.3 is 0 Å². The number of aromatic nitrogens is 4. The summed E-state index contributed by atoms with van der Waals surface area (Å²) in [5, 5.41) is 15.4. The molecule has 1 saturated heterocycles. The lowest BCUT2D eigenvalue weighted by Crippen LogP contribution is -3.12. The van der Waals surface area contributed by atoms with Gasteiger partial charge in [0, 0.05) is 18.9 Å². The summed E-state index contributed by atoms with van der Waals surface area (Å²) in [4.78, 5) is 14.0. The first-order chi connectivity index (χ1) is 14.3. The maximum absolute atomic E-state index is 12.5. The number of tetrazole rings is 1. The molecule has 0 atom stereocenters. The van der Waals surface area contributed by atoms with Gasteiger partial charge < -0.3 is 19.7 Å². The van der Waals surface area contributed by atoms with Gasteiger partial charge in [0.1, 0.15) is 6.54 Å². The molecule has 3 rings (SSSR count). The molecule has 2 heterocycles. The van der Waals surface area contributed by atoms with Crippen LogP contribution in [-0.4, -0.2) is 59.5 Å². The lowest BCUT2D eigenvalue weighted by Gasteiger charge is -2.30. The Morgan fingerprint density at radius 2 is 1.90 bits per heavy atom. The molecule has 1 aliphatic heterocycles. The summed E-state index contributed by atoms with van der Waals surface area (Å²) in [5.41, 5.74) is 0.775. The summed E-state index contributed by atoms with van der Waals surface area (Å²) >= 11 is 0. The molecule has 1 fully saturated rings. The zero-order valence-corrected chi connectivity index (χ0v) is 18.6. The van der Waals surface area contributed by atoms with Gasteiger partial charge in [-0.15, -0.1) is 5.10 Å². The van der Waals surface area contributed by atoms with Crippen LogP contribution in [-0.2, 0) is 23.3 Å². The zero-order valence-electron chi connectivity index (χ0n) is 18.6. The fourth-order valence-corrected chi connectivity index (χ4v) is 3.86. The van der Waals surface area contributed by atoms with E-state index in [2.05, 4.69) is 41.6 Å². The van der Waals surface area contributed by atoms with E-state index in [1.807, 2.05) is 22.9 Å². The quantitative estimate of drug-likeness (QED) is 0.675. The minimum Gasteiger partial charge on any atom is -0.493 e. The summed E-state index contributed by atoms with van der Waals surface area (Å²) < 4.78 is 12.5. The highest BCUT2D eigenvalue weighted by atomic mass is 16.5. The van der Waals surface area contributed by atoms with Crippen molar-refractivity contribution in [3.05, 3.63) is 29.6 Å². The van der Waals surface area contributed by atoms with E-state index in [0.717, 1.165) is 43.9 Å². The van der Waals surface area contributed by atoms with E-state index in [9.17, 15) is 4.79 Å². The molecule has 2 N–H and O–H groups in total. The number of hydrogen-bond donors (Lipinski definition) is 2. The van der Waals surface area contributed by atoms with Gasteiger partial charge in [-0.2, -0.15) is 0 Å². The Labute approximate surface area is 177 Å². The molecule has 2 aromatic rings. The molecular formula is C21H33N6O3+. The number of piperidine rings is 1. The fraction of sp³-hybridized carbons (Fsp3) is 0.619. The van der Waals surface area contributed by atoms with Crippen LogP contribution in [0.2, 0.25) is 0 Å². The fourth-order valence-electron chi connectivity index (χ4n) is 3.86. The second-order valence-corrected chi connectivity index (χ2v) is 8.81. The number of nitrogens with zero attached hydrogens (tertiary/aromatic N) is 4. The Bertz CT molecular complexity index is 853. The second-order valence-electron chi connectivity index (χ2n) is 8.81. The van der Waals surface area contributed by atoms with Gasteiger partial charge in [0.05, 0.1) is 39.3 Å². The van der Waals surface area contributed by atoms with Crippen molar-refractivity contribution in [2.75, 3.05) is 27.3 Å². The van der Waals surface area contributed by atoms with Crippen molar-refractivity contribution in [3.8, 4) is 11.5 Å². The summed E-state index contributed by atoms with van der Waals surface area (Å²) in [7, 11) is 3.19. The molecule has 0 radical (unpaired) electrons. The van der Waals surface area contributed by atoms with E-state index in [1.54, 1.807) is 14.2 Å². The molecule has 0 spiro atoms. The maximum Gasteiger partial charge on any atom is 0.224 e. The molecule has 30 heavy (non-hydrogen) atoms. The first-order valence-electron chi connectivity index (χ1n) is 10.4. The van der Waals surface area contributed by atoms with Crippen LogP contribution in [0.5, 0.6) is 11.5 Å². The van der Waals surface area contributed by atoms with Crippen LogP contribution in [0.3, 0.4) is 0 Å². The molecule has 1 amide bonds. The number of carbonyl (C=O) groups excluding carboxylic acids is 1.